The van der Waals surface area contributed by atoms with Crippen molar-refractivity contribution in [1.29, 1.82) is 0 Å². The number of phenolic OH excluding ortho intramolecular Hbond substituents is 2. The molecule has 3 N–H and O–H groups in total. The maximum Gasteiger partial charge on any atom is 0.391 e. The molecule has 0 radical (unpaired) electrons. The minimum absolute atomic E-state index is 0.000323. The van der Waals surface area contributed by atoms with Gasteiger partial charge in [-0.2, -0.15) is 13.2 Å². The lowest BCUT2D eigenvalue weighted by Gasteiger charge is -2.32. The van der Waals surface area contributed by atoms with Crippen LogP contribution < -0.4 is 5.32 Å². The van der Waals surface area contributed by atoms with E-state index in [0.717, 1.165) is 0 Å². The Labute approximate surface area is 121 Å². The van der Waals surface area contributed by atoms with Crippen LogP contribution in [0.3, 0.4) is 0 Å². The zero-order valence-electron chi connectivity index (χ0n) is 11.8. The Morgan fingerprint density at radius 2 is 1.76 bits per heavy atom. The highest BCUT2D eigenvalue weighted by Gasteiger charge is 2.41. The van der Waals surface area contributed by atoms with Gasteiger partial charge in [0.25, 0.3) is 0 Å². The van der Waals surface area contributed by atoms with Crippen LogP contribution in [0.15, 0.2) is 18.2 Å². The minimum Gasteiger partial charge on any atom is -0.508 e. The standard InChI is InChI=1S/C15H20F3NO2/c1-9(13-8-12(20)6-7-14(13)21)19-11-4-2-10(3-5-11)15(16,17)18/h6-11,19-21H,2-5H2,1H3. The average Bonchev–Trinajstić information content (AvgIpc) is 2.41. The number of halogens is 3. The predicted octanol–water partition coefficient (Wildman–Crippen LogP) is 3.87. The molecule has 6 heteroatoms. The van der Waals surface area contributed by atoms with Crippen molar-refractivity contribution in [3.05, 3.63) is 23.8 Å². The summed E-state index contributed by atoms with van der Waals surface area (Å²) in [6.07, 6.45) is -2.89. The molecule has 1 saturated carbocycles. The first-order valence-electron chi connectivity index (χ1n) is 7.12. The lowest BCUT2D eigenvalue weighted by atomic mass is 9.85. The summed E-state index contributed by atoms with van der Waals surface area (Å²) in [6, 6.07) is 4.03. The van der Waals surface area contributed by atoms with E-state index in [0.29, 0.717) is 18.4 Å². The first-order chi connectivity index (χ1) is 9.77. The van der Waals surface area contributed by atoms with E-state index in [1.54, 1.807) is 0 Å². The second-order valence-electron chi connectivity index (χ2n) is 5.72. The molecule has 2 rings (SSSR count). The van der Waals surface area contributed by atoms with E-state index in [-0.39, 0.29) is 36.4 Å². The van der Waals surface area contributed by atoms with Crippen LogP contribution in [0, 0.1) is 5.92 Å². The number of rotatable bonds is 3. The molecule has 1 atom stereocenters. The van der Waals surface area contributed by atoms with E-state index in [9.17, 15) is 23.4 Å². The van der Waals surface area contributed by atoms with Gasteiger partial charge in [-0.05, 0) is 50.8 Å². The molecule has 3 nitrogen and oxygen atoms in total. The van der Waals surface area contributed by atoms with Crippen molar-refractivity contribution >= 4 is 0 Å². The first kappa shape index (κ1) is 15.9. The minimum atomic E-state index is -4.10. The number of hydrogen-bond acceptors (Lipinski definition) is 3. The fourth-order valence-electron chi connectivity index (χ4n) is 2.92. The molecule has 0 amide bonds. The number of hydrogen-bond donors (Lipinski definition) is 3. The van der Waals surface area contributed by atoms with Crippen molar-refractivity contribution in [3.63, 3.8) is 0 Å². The summed E-state index contributed by atoms with van der Waals surface area (Å²) in [7, 11) is 0. The van der Waals surface area contributed by atoms with E-state index >= 15 is 0 Å². The summed E-state index contributed by atoms with van der Waals surface area (Å²) in [6.45, 7) is 1.82. The smallest absolute Gasteiger partial charge is 0.391 e. The summed E-state index contributed by atoms with van der Waals surface area (Å²) >= 11 is 0. The van der Waals surface area contributed by atoms with Crippen molar-refractivity contribution in [1.82, 2.24) is 5.32 Å². The molecule has 1 aliphatic rings. The topological polar surface area (TPSA) is 52.5 Å². The van der Waals surface area contributed by atoms with Crippen LogP contribution in [0.5, 0.6) is 11.5 Å². The Bertz CT molecular complexity index is 482. The second-order valence-corrected chi connectivity index (χ2v) is 5.72. The van der Waals surface area contributed by atoms with Gasteiger partial charge in [-0.15, -0.1) is 0 Å². The van der Waals surface area contributed by atoms with Crippen molar-refractivity contribution in [3.8, 4) is 11.5 Å². The van der Waals surface area contributed by atoms with Crippen molar-refractivity contribution in [2.75, 3.05) is 0 Å². The highest BCUT2D eigenvalue weighted by Crippen LogP contribution is 2.38. The largest absolute Gasteiger partial charge is 0.508 e. The summed E-state index contributed by atoms with van der Waals surface area (Å²) in [5.74, 6) is -1.07. The number of nitrogens with one attached hydrogen (secondary N) is 1. The van der Waals surface area contributed by atoms with E-state index in [4.69, 9.17) is 0 Å². The van der Waals surface area contributed by atoms with Gasteiger partial charge in [0.15, 0.2) is 0 Å². The molecule has 0 aliphatic heterocycles. The molecule has 0 spiro atoms. The Morgan fingerprint density at radius 3 is 2.33 bits per heavy atom. The normalized spacial score (nSPS) is 24.8. The molecular weight excluding hydrogens is 283 g/mol. The number of phenols is 2. The summed E-state index contributed by atoms with van der Waals surface area (Å²) in [5, 5.41) is 22.5. The lowest BCUT2D eigenvalue weighted by Crippen LogP contribution is -2.38. The fraction of sp³-hybridized carbons (Fsp3) is 0.600. The predicted molar refractivity (Wildman–Crippen MR) is 73.1 cm³/mol. The van der Waals surface area contributed by atoms with Crippen molar-refractivity contribution in [2.45, 2.75) is 50.9 Å². The number of aromatic hydroxyl groups is 2. The van der Waals surface area contributed by atoms with Gasteiger partial charge in [-0.25, -0.2) is 0 Å². The van der Waals surface area contributed by atoms with Gasteiger partial charge in [0, 0.05) is 17.6 Å². The highest BCUT2D eigenvalue weighted by atomic mass is 19.4. The SMILES string of the molecule is CC(NC1CCC(C(F)(F)F)CC1)c1cc(O)ccc1O. The van der Waals surface area contributed by atoms with Gasteiger partial charge in [-0.3, -0.25) is 0 Å². The molecule has 0 saturated heterocycles. The molecule has 1 aromatic carbocycles. The summed E-state index contributed by atoms with van der Waals surface area (Å²) in [5.41, 5.74) is 0.549. The average molecular weight is 303 g/mol. The third kappa shape index (κ3) is 4.03. The molecular formula is C15H20F3NO2. The molecule has 1 unspecified atom stereocenters. The Morgan fingerprint density at radius 1 is 1.14 bits per heavy atom. The molecule has 1 aromatic rings. The van der Waals surface area contributed by atoms with Crippen LogP contribution in [-0.4, -0.2) is 22.4 Å². The Hall–Kier alpha value is -1.43. The summed E-state index contributed by atoms with van der Waals surface area (Å²) in [4.78, 5) is 0. The molecule has 0 heterocycles. The van der Waals surface area contributed by atoms with E-state index in [2.05, 4.69) is 5.32 Å². The third-order valence-corrected chi connectivity index (χ3v) is 4.15. The van der Waals surface area contributed by atoms with Gasteiger partial charge in [0.05, 0.1) is 5.92 Å². The van der Waals surface area contributed by atoms with E-state index < -0.39 is 12.1 Å². The van der Waals surface area contributed by atoms with Crippen molar-refractivity contribution in [2.24, 2.45) is 5.92 Å². The molecule has 1 fully saturated rings. The molecule has 0 bridgehead atoms. The number of alkyl halides is 3. The lowest BCUT2D eigenvalue weighted by molar-refractivity contribution is -0.182. The zero-order valence-corrected chi connectivity index (χ0v) is 11.8. The number of benzene rings is 1. The maximum absolute atomic E-state index is 12.6. The van der Waals surface area contributed by atoms with E-state index in [1.807, 2.05) is 6.92 Å². The van der Waals surface area contributed by atoms with Gasteiger partial charge >= 0.3 is 6.18 Å². The maximum atomic E-state index is 12.6. The summed E-state index contributed by atoms with van der Waals surface area (Å²) < 4.78 is 37.8. The van der Waals surface area contributed by atoms with Crippen LogP contribution in [0.25, 0.3) is 0 Å². The fourth-order valence-corrected chi connectivity index (χ4v) is 2.92. The van der Waals surface area contributed by atoms with E-state index in [1.165, 1.54) is 18.2 Å². The Balaban J connectivity index is 1.93. The molecule has 1 aliphatic carbocycles. The molecule has 21 heavy (non-hydrogen) atoms. The van der Waals surface area contributed by atoms with Crippen LogP contribution in [0.4, 0.5) is 13.2 Å². The van der Waals surface area contributed by atoms with Crippen molar-refractivity contribution < 1.29 is 23.4 Å². The van der Waals surface area contributed by atoms with Crippen LogP contribution in [0.2, 0.25) is 0 Å². The van der Waals surface area contributed by atoms with Gasteiger partial charge in [0.2, 0.25) is 0 Å². The van der Waals surface area contributed by atoms with Gasteiger partial charge < -0.3 is 15.5 Å². The van der Waals surface area contributed by atoms with Crippen LogP contribution >= 0.6 is 0 Å². The van der Waals surface area contributed by atoms with Gasteiger partial charge in [-0.1, -0.05) is 0 Å². The monoisotopic (exact) mass is 303 g/mol. The van der Waals surface area contributed by atoms with Gasteiger partial charge in [0.1, 0.15) is 11.5 Å². The third-order valence-electron chi connectivity index (χ3n) is 4.15. The molecule has 118 valence electrons. The highest BCUT2D eigenvalue weighted by molar-refractivity contribution is 5.40. The van der Waals surface area contributed by atoms with Crippen LogP contribution in [0.1, 0.15) is 44.2 Å². The second kappa shape index (κ2) is 6.13. The quantitative estimate of drug-likeness (QED) is 0.743. The van der Waals surface area contributed by atoms with Crippen LogP contribution in [-0.2, 0) is 0 Å². The molecule has 0 aromatic heterocycles. The zero-order chi connectivity index (χ0) is 15.6. The first-order valence-corrected chi connectivity index (χ1v) is 7.12. The Kier molecular flexibility index (Phi) is 4.66.